The van der Waals surface area contributed by atoms with E-state index in [1.807, 2.05) is 18.2 Å². The van der Waals surface area contributed by atoms with Crippen molar-refractivity contribution in [3.05, 3.63) is 23.8 Å². The van der Waals surface area contributed by atoms with E-state index in [0.29, 0.717) is 30.1 Å². The van der Waals surface area contributed by atoms with Crippen LogP contribution in [0.15, 0.2) is 18.2 Å². The zero-order valence-electron chi connectivity index (χ0n) is 12.4. The summed E-state index contributed by atoms with van der Waals surface area (Å²) in [6.07, 6.45) is 3.69. The molecule has 0 fully saturated rings. The summed E-state index contributed by atoms with van der Waals surface area (Å²) < 4.78 is 11.1. The van der Waals surface area contributed by atoms with Gasteiger partial charge in [-0.1, -0.05) is 38.8 Å². The predicted molar refractivity (Wildman–Crippen MR) is 81.9 cm³/mol. The predicted octanol–water partition coefficient (Wildman–Crippen LogP) is 4.52. The van der Waals surface area contributed by atoms with Crippen LogP contribution in [0.4, 0.5) is 0 Å². The molecule has 0 amide bonds. The van der Waals surface area contributed by atoms with Crippen molar-refractivity contribution in [3.63, 3.8) is 0 Å². The molecule has 0 aromatic heterocycles. The van der Waals surface area contributed by atoms with Gasteiger partial charge in [-0.25, -0.2) is 0 Å². The van der Waals surface area contributed by atoms with Gasteiger partial charge < -0.3 is 9.47 Å². The highest BCUT2D eigenvalue weighted by atomic mass is 35.5. The molecule has 0 saturated carbocycles. The number of Topliss-reactive ketones (excluding diaryl/α,β-unsaturated/α-hetero) is 1. The van der Waals surface area contributed by atoms with E-state index in [2.05, 4.69) is 6.92 Å². The van der Waals surface area contributed by atoms with Crippen molar-refractivity contribution in [2.24, 2.45) is 0 Å². The first-order chi connectivity index (χ1) is 9.65. The molecule has 0 radical (unpaired) electrons. The summed E-state index contributed by atoms with van der Waals surface area (Å²) in [6, 6.07) is 5.49. The summed E-state index contributed by atoms with van der Waals surface area (Å²) >= 11 is 6.21. The molecule has 0 saturated heterocycles. The molecule has 0 N–H and O–H groups in total. The van der Waals surface area contributed by atoms with Crippen molar-refractivity contribution in [3.8, 4) is 11.5 Å². The molecule has 1 atom stereocenters. The molecule has 0 bridgehead atoms. The highest BCUT2D eigenvalue weighted by molar-refractivity contribution is 6.31. The smallest absolute Gasteiger partial charge is 0.165 e. The van der Waals surface area contributed by atoms with E-state index in [1.54, 1.807) is 14.0 Å². The Balaban J connectivity index is 2.88. The van der Waals surface area contributed by atoms with E-state index in [9.17, 15) is 4.79 Å². The van der Waals surface area contributed by atoms with Crippen LogP contribution in [0.25, 0.3) is 0 Å². The summed E-state index contributed by atoms with van der Waals surface area (Å²) in [5.74, 6) is 1.19. The average molecular weight is 299 g/mol. The van der Waals surface area contributed by atoms with Crippen molar-refractivity contribution in [1.29, 1.82) is 0 Å². The van der Waals surface area contributed by atoms with Gasteiger partial charge in [-0.05, 0) is 12.5 Å². The molecule has 1 aromatic rings. The number of ketones is 1. The Morgan fingerprint density at radius 3 is 2.65 bits per heavy atom. The second-order valence-electron chi connectivity index (χ2n) is 4.62. The Morgan fingerprint density at radius 2 is 2.05 bits per heavy atom. The van der Waals surface area contributed by atoms with Crippen LogP contribution in [0, 0.1) is 0 Å². The minimum Gasteiger partial charge on any atom is -0.493 e. The Hall–Kier alpha value is -1.22. The molecule has 20 heavy (non-hydrogen) atoms. The number of carbonyl (C=O) groups is 1. The van der Waals surface area contributed by atoms with Crippen molar-refractivity contribution < 1.29 is 14.3 Å². The molecule has 1 aromatic carbocycles. The molecule has 0 aliphatic rings. The standard InChI is InChI=1S/C16H23ClO3/c1-4-6-7-11-20-14-10-8-9-12(16(14)19-3)15(17)13(18)5-2/h8-10,15H,4-7,11H2,1-3H3. The van der Waals surface area contributed by atoms with E-state index >= 15 is 0 Å². The quantitative estimate of drug-likeness (QED) is 0.496. The van der Waals surface area contributed by atoms with Crippen molar-refractivity contribution in [1.82, 2.24) is 0 Å². The summed E-state index contributed by atoms with van der Waals surface area (Å²) in [5.41, 5.74) is 0.675. The highest BCUT2D eigenvalue weighted by Crippen LogP contribution is 2.38. The zero-order valence-corrected chi connectivity index (χ0v) is 13.2. The minimum absolute atomic E-state index is 0.0203. The molecule has 0 heterocycles. The molecule has 1 unspecified atom stereocenters. The summed E-state index contributed by atoms with van der Waals surface area (Å²) in [7, 11) is 1.57. The van der Waals surface area contributed by atoms with Gasteiger partial charge in [0.25, 0.3) is 0 Å². The first-order valence-corrected chi connectivity index (χ1v) is 7.55. The summed E-state index contributed by atoms with van der Waals surface area (Å²) in [5, 5.41) is -0.686. The van der Waals surface area contributed by atoms with Crippen LogP contribution in [0.1, 0.15) is 50.5 Å². The van der Waals surface area contributed by atoms with Gasteiger partial charge in [0, 0.05) is 12.0 Å². The SMILES string of the molecule is CCCCCOc1cccc(C(Cl)C(=O)CC)c1OC. The number of alkyl halides is 1. The molecular formula is C16H23ClO3. The number of para-hydroxylation sites is 1. The first-order valence-electron chi connectivity index (χ1n) is 7.12. The van der Waals surface area contributed by atoms with Crippen molar-refractivity contribution in [2.75, 3.05) is 13.7 Å². The average Bonchev–Trinajstić information content (AvgIpc) is 2.49. The number of methoxy groups -OCH3 is 1. The Morgan fingerprint density at radius 1 is 1.30 bits per heavy atom. The van der Waals surface area contributed by atoms with Crippen LogP contribution in [-0.2, 0) is 4.79 Å². The highest BCUT2D eigenvalue weighted by Gasteiger charge is 2.22. The summed E-state index contributed by atoms with van der Waals surface area (Å²) in [4.78, 5) is 11.8. The van der Waals surface area contributed by atoms with Crippen LogP contribution < -0.4 is 9.47 Å². The second kappa shape index (κ2) is 8.85. The molecule has 112 valence electrons. The number of halogens is 1. The van der Waals surface area contributed by atoms with Crippen LogP contribution in [0.5, 0.6) is 11.5 Å². The van der Waals surface area contributed by atoms with Crippen LogP contribution in [0.3, 0.4) is 0 Å². The van der Waals surface area contributed by atoms with Gasteiger partial charge in [-0.2, -0.15) is 0 Å². The third-order valence-corrected chi connectivity index (χ3v) is 3.60. The first kappa shape index (κ1) is 16.8. The lowest BCUT2D eigenvalue weighted by Crippen LogP contribution is -2.08. The normalized spacial score (nSPS) is 12.0. The lowest BCUT2D eigenvalue weighted by atomic mass is 10.1. The maximum absolute atomic E-state index is 11.8. The van der Waals surface area contributed by atoms with Gasteiger partial charge in [-0.3, -0.25) is 4.79 Å². The Labute approximate surface area is 126 Å². The number of hydrogen-bond acceptors (Lipinski definition) is 3. The molecule has 4 heteroatoms. The fraction of sp³-hybridized carbons (Fsp3) is 0.562. The largest absolute Gasteiger partial charge is 0.493 e. The molecule has 0 spiro atoms. The monoisotopic (exact) mass is 298 g/mol. The van der Waals surface area contributed by atoms with Crippen LogP contribution in [0.2, 0.25) is 0 Å². The van der Waals surface area contributed by atoms with Gasteiger partial charge in [0.2, 0.25) is 0 Å². The number of carbonyl (C=O) groups excluding carboxylic acids is 1. The van der Waals surface area contributed by atoms with Crippen molar-refractivity contribution >= 4 is 17.4 Å². The number of rotatable bonds is 9. The topological polar surface area (TPSA) is 35.5 Å². The number of ether oxygens (including phenoxy) is 2. The van der Waals surface area contributed by atoms with Gasteiger partial charge in [0.05, 0.1) is 13.7 Å². The van der Waals surface area contributed by atoms with Gasteiger partial charge in [0.15, 0.2) is 17.3 Å². The molecule has 0 aliphatic heterocycles. The van der Waals surface area contributed by atoms with Crippen LogP contribution >= 0.6 is 11.6 Å². The van der Waals surface area contributed by atoms with E-state index in [-0.39, 0.29) is 5.78 Å². The third kappa shape index (κ3) is 4.41. The fourth-order valence-corrected chi connectivity index (χ4v) is 2.28. The third-order valence-electron chi connectivity index (χ3n) is 3.12. The van der Waals surface area contributed by atoms with Crippen molar-refractivity contribution in [2.45, 2.75) is 44.9 Å². The molecule has 0 aliphatic carbocycles. The number of unbranched alkanes of at least 4 members (excludes halogenated alkanes) is 2. The Kier molecular flexibility index (Phi) is 7.45. The number of benzene rings is 1. The maximum Gasteiger partial charge on any atom is 0.165 e. The van der Waals surface area contributed by atoms with E-state index in [1.165, 1.54) is 0 Å². The van der Waals surface area contributed by atoms with E-state index < -0.39 is 5.38 Å². The van der Waals surface area contributed by atoms with Gasteiger partial charge in [-0.15, -0.1) is 11.6 Å². The molecule has 3 nitrogen and oxygen atoms in total. The minimum atomic E-state index is -0.686. The molecule has 1 rings (SSSR count). The Bertz CT molecular complexity index is 432. The fourth-order valence-electron chi connectivity index (χ4n) is 1.95. The maximum atomic E-state index is 11.8. The van der Waals surface area contributed by atoms with Gasteiger partial charge >= 0.3 is 0 Å². The van der Waals surface area contributed by atoms with Crippen LogP contribution in [-0.4, -0.2) is 19.5 Å². The second-order valence-corrected chi connectivity index (χ2v) is 5.05. The number of hydrogen-bond donors (Lipinski definition) is 0. The zero-order chi connectivity index (χ0) is 15.0. The lowest BCUT2D eigenvalue weighted by molar-refractivity contribution is -0.118. The van der Waals surface area contributed by atoms with E-state index in [0.717, 1.165) is 19.3 Å². The lowest BCUT2D eigenvalue weighted by Gasteiger charge is -2.16. The summed E-state index contributed by atoms with van der Waals surface area (Å²) in [6.45, 7) is 4.59. The molecular weight excluding hydrogens is 276 g/mol. The van der Waals surface area contributed by atoms with E-state index in [4.69, 9.17) is 21.1 Å². The van der Waals surface area contributed by atoms with Gasteiger partial charge in [0.1, 0.15) is 5.38 Å².